The Morgan fingerprint density at radius 2 is 1.97 bits per heavy atom. The molecule has 148 valence electrons. The van der Waals surface area contributed by atoms with E-state index in [1.54, 1.807) is 18.3 Å². The van der Waals surface area contributed by atoms with Crippen LogP contribution in [0.4, 0.5) is 15.9 Å². The largest absolute Gasteiger partial charge is 0.497 e. The second kappa shape index (κ2) is 7.02. The molecule has 0 fully saturated rings. The Kier molecular flexibility index (Phi) is 4.51. The van der Waals surface area contributed by atoms with Crippen LogP contribution in [-0.4, -0.2) is 35.7 Å². The zero-order valence-electron chi connectivity index (χ0n) is 15.0. The van der Waals surface area contributed by atoms with Crippen LogP contribution in [0, 0.1) is 5.82 Å². The van der Waals surface area contributed by atoms with Gasteiger partial charge in [-0.15, -0.1) is 0 Å². The number of nitrogens with two attached hydrogens (primary N) is 1. The fraction of sp³-hybridized carbons (Fsp3) is 0.0556. The lowest BCUT2D eigenvalue weighted by Gasteiger charge is -2.10. The zero-order valence-corrected chi connectivity index (χ0v) is 15.9. The highest BCUT2D eigenvalue weighted by molar-refractivity contribution is 7.92. The van der Waals surface area contributed by atoms with E-state index >= 15 is 0 Å². The van der Waals surface area contributed by atoms with Crippen LogP contribution in [0.5, 0.6) is 5.75 Å². The van der Waals surface area contributed by atoms with Crippen molar-refractivity contribution in [2.24, 2.45) is 0 Å². The van der Waals surface area contributed by atoms with Crippen LogP contribution in [0.1, 0.15) is 0 Å². The molecule has 3 heterocycles. The molecule has 0 aliphatic rings. The average Bonchev–Trinajstić information content (AvgIpc) is 3.09. The lowest BCUT2D eigenvalue weighted by molar-refractivity contribution is 0.411. The number of pyridine rings is 2. The predicted molar refractivity (Wildman–Crippen MR) is 105 cm³/mol. The number of ether oxygens (including phenoxy) is 1. The van der Waals surface area contributed by atoms with E-state index in [0.717, 1.165) is 12.1 Å². The Bertz CT molecular complexity index is 1310. The van der Waals surface area contributed by atoms with E-state index in [4.69, 9.17) is 10.5 Å². The number of fused-ring (bicyclic) bond motifs is 1. The fourth-order valence-corrected chi connectivity index (χ4v) is 3.86. The van der Waals surface area contributed by atoms with Gasteiger partial charge in [0, 0.05) is 17.8 Å². The van der Waals surface area contributed by atoms with E-state index in [1.165, 1.54) is 25.4 Å². The quantitative estimate of drug-likeness (QED) is 0.456. The first-order valence-corrected chi connectivity index (χ1v) is 9.78. The van der Waals surface area contributed by atoms with Gasteiger partial charge in [-0.25, -0.2) is 17.8 Å². The summed E-state index contributed by atoms with van der Waals surface area (Å²) in [6, 6.07) is 8.38. The van der Waals surface area contributed by atoms with Gasteiger partial charge in [-0.2, -0.15) is 5.10 Å². The van der Waals surface area contributed by atoms with Gasteiger partial charge in [0.15, 0.2) is 5.82 Å². The van der Waals surface area contributed by atoms with Crippen molar-refractivity contribution in [3.05, 3.63) is 54.6 Å². The van der Waals surface area contributed by atoms with Gasteiger partial charge < -0.3 is 10.5 Å². The number of aromatic amines is 1. The number of rotatable bonds is 5. The van der Waals surface area contributed by atoms with Gasteiger partial charge in [-0.3, -0.25) is 14.8 Å². The molecule has 0 saturated carbocycles. The SMILES string of the molecule is COc1ccc(F)c(S(=O)(=O)Nc2ccc(-c3cnc4c(N)n[nH]c4c3)nc2)c1. The number of sulfonamides is 1. The summed E-state index contributed by atoms with van der Waals surface area (Å²) < 4.78 is 46.3. The van der Waals surface area contributed by atoms with Crippen molar-refractivity contribution in [1.29, 1.82) is 0 Å². The second-order valence-corrected chi connectivity index (χ2v) is 7.71. The number of H-pyrrole nitrogens is 1. The molecule has 11 heteroatoms. The summed E-state index contributed by atoms with van der Waals surface area (Å²) in [5.74, 6) is -0.363. The van der Waals surface area contributed by atoms with Crippen molar-refractivity contribution in [3.63, 3.8) is 0 Å². The van der Waals surface area contributed by atoms with Crippen LogP contribution < -0.4 is 15.2 Å². The highest BCUT2D eigenvalue weighted by Gasteiger charge is 2.20. The highest BCUT2D eigenvalue weighted by Crippen LogP contribution is 2.25. The molecule has 4 N–H and O–H groups in total. The summed E-state index contributed by atoms with van der Waals surface area (Å²) in [5.41, 5.74) is 8.33. The lowest BCUT2D eigenvalue weighted by Crippen LogP contribution is -2.15. The molecule has 0 atom stereocenters. The first-order chi connectivity index (χ1) is 13.9. The minimum absolute atomic E-state index is 0.177. The normalized spacial score (nSPS) is 11.5. The summed E-state index contributed by atoms with van der Waals surface area (Å²) >= 11 is 0. The van der Waals surface area contributed by atoms with Gasteiger partial charge in [0.1, 0.15) is 22.0 Å². The summed E-state index contributed by atoms with van der Waals surface area (Å²) in [6.07, 6.45) is 2.92. The third-order valence-corrected chi connectivity index (χ3v) is 5.56. The van der Waals surface area contributed by atoms with Gasteiger partial charge in [-0.05, 0) is 30.3 Å². The molecule has 1 aromatic carbocycles. The second-order valence-electron chi connectivity index (χ2n) is 6.06. The molecule has 4 aromatic rings. The first-order valence-electron chi connectivity index (χ1n) is 8.30. The number of nitrogens with one attached hydrogen (secondary N) is 2. The fourth-order valence-electron chi connectivity index (χ4n) is 2.72. The van der Waals surface area contributed by atoms with E-state index in [1.807, 2.05) is 0 Å². The molecule has 29 heavy (non-hydrogen) atoms. The van der Waals surface area contributed by atoms with Crippen molar-refractivity contribution in [3.8, 4) is 17.0 Å². The summed E-state index contributed by atoms with van der Waals surface area (Å²) in [6.45, 7) is 0. The van der Waals surface area contributed by atoms with Crippen LogP contribution in [0.2, 0.25) is 0 Å². The minimum Gasteiger partial charge on any atom is -0.497 e. The average molecular weight is 414 g/mol. The molecule has 0 spiro atoms. The Morgan fingerprint density at radius 1 is 1.14 bits per heavy atom. The van der Waals surface area contributed by atoms with Gasteiger partial charge in [0.25, 0.3) is 10.0 Å². The molecule has 9 nitrogen and oxygen atoms in total. The van der Waals surface area contributed by atoms with Gasteiger partial charge in [0.05, 0.1) is 30.2 Å². The van der Waals surface area contributed by atoms with Gasteiger partial charge in [0.2, 0.25) is 0 Å². The van der Waals surface area contributed by atoms with Crippen molar-refractivity contribution < 1.29 is 17.5 Å². The number of nitrogen functional groups attached to an aromatic ring is 1. The third kappa shape index (κ3) is 3.55. The Morgan fingerprint density at radius 3 is 2.69 bits per heavy atom. The van der Waals surface area contributed by atoms with Crippen molar-refractivity contribution >= 4 is 32.6 Å². The molecule has 4 rings (SSSR count). The van der Waals surface area contributed by atoms with Crippen LogP contribution >= 0.6 is 0 Å². The number of halogens is 1. The number of nitrogens with zero attached hydrogens (tertiary/aromatic N) is 3. The van der Waals surface area contributed by atoms with E-state index < -0.39 is 20.7 Å². The Balaban J connectivity index is 1.60. The first kappa shape index (κ1) is 18.6. The summed E-state index contributed by atoms with van der Waals surface area (Å²) in [7, 11) is -2.80. The maximum absolute atomic E-state index is 14.0. The molecule has 0 radical (unpaired) electrons. The molecular formula is C18H15FN6O3S. The third-order valence-electron chi connectivity index (χ3n) is 4.17. The molecule has 0 saturated heterocycles. The Hall–Kier alpha value is -3.73. The smallest absolute Gasteiger partial charge is 0.265 e. The molecule has 0 aliphatic heterocycles. The van der Waals surface area contributed by atoms with E-state index in [2.05, 4.69) is 24.9 Å². The molecule has 0 bridgehead atoms. The molecule has 0 amide bonds. The number of methoxy groups -OCH3 is 1. The van der Waals surface area contributed by atoms with Crippen LogP contribution in [-0.2, 0) is 10.0 Å². The lowest BCUT2D eigenvalue weighted by atomic mass is 10.2. The number of hydrogen-bond acceptors (Lipinski definition) is 7. The maximum Gasteiger partial charge on any atom is 0.265 e. The van der Waals surface area contributed by atoms with E-state index in [0.29, 0.717) is 28.1 Å². The summed E-state index contributed by atoms with van der Waals surface area (Å²) in [5, 5.41) is 6.66. The highest BCUT2D eigenvalue weighted by atomic mass is 32.2. The summed E-state index contributed by atoms with van der Waals surface area (Å²) in [4.78, 5) is 7.97. The van der Waals surface area contributed by atoms with Crippen molar-refractivity contribution in [2.75, 3.05) is 17.6 Å². The zero-order chi connectivity index (χ0) is 20.6. The van der Waals surface area contributed by atoms with Gasteiger partial charge in [-0.1, -0.05) is 0 Å². The Labute approximate surface area is 164 Å². The van der Waals surface area contributed by atoms with E-state index in [-0.39, 0.29) is 11.4 Å². The van der Waals surface area contributed by atoms with Crippen LogP contribution in [0.3, 0.4) is 0 Å². The number of aromatic nitrogens is 4. The molecule has 3 aromatic heterocycles. The minimum atomic E-state index is -4.16. The van der Waals surface area contributed by atoms with E-state index in [9.17, 15) is 12.8 Å². The molecule has 0 unspecified atom stereocenters. The molecule has 0 aliphatic carbocycles. The van der Waals surface area contributed by atoms with Crippen molar-refractivity contribution in [1.82, 2.24) is 20.2 Å². The van der Waals surface area contributed by atoms with Crippen LogP contribution in [0.15, 0.2) is 53.7 Å². The monoisotopic (exact) mass is 414 g/mol. The van der Waals surface area contributed by atoms with Crippen LogP contribution in [0.25, 0.3) is 22.3 Å². The number of anilines is 2. The van der Waals surface area contributed by atoms with Crippen molar-refractivity contribution in [2.45, 2.75) is 4.90 Å². The molecular weight excluding hydrogens is 399 g/mol. The number of hydrogen-bond donors (Lipinski definition) is 3. The van der Waals surface area contributed by atoms with Gasteiger partial charge >= 0.3 is 0 Å². The standard InChI is InChI=1S/C18H15FN6O3S/c1-28-12-3-4-13(19)16(7-12)29(26,27)25-11-2-5-14(21-9-11)10-6-15-17(22-8-10)18(20)24-23-15/h2-9,25H,1H3,(H3,20,23,24). The topological polar surface area (TPSA) is 136 Å². The maximum atomic E-state index is 14.0. The predicted octanol–water partition coefficient (Wildman–Crippen LogP) is 2.55. The number of benzene rings is 1.